The smallest absolute Gasteiger partial charge is 0.118 e. The summed E-state index contributed by atoms with van der Waals surface area (Å²) in [6.07, 6.45) is 8.77. The molecule has 0 saturated carbocycles. The molecule has 0 fully saturated rings. The third-order valence-electron chi connectivity index (χ3n) is 2.48. The van der Waals surface area contributed by atoms with E-state index in [2.05, 4.69) is 44.2 Å². The molecule has 1 heteroatoms. The van der Waals surface area contributed by atoms with Crippen molar-refractivity contribution in [2.45, 2.75) is 26.7 Å². The molecule has 1 aromatic rings. The van der Waals surface area contributed by atoms with Gasteiger partial charge in [0, 0.05) is 0 Å². The van der Waals surface area contributed by atoms with Crippen LogP contribution in [0.4, 0.5) is 0 Å². The van der Waals surface area contributed by atoms with Gasteiger partial charge >= 0.3 is 0 Å². The van der Waals surface area contributed by atoms with E-state index in [-0.39, 0.29) is 0 Å². The minimum Gasteiger partial charge on any atom is -0.497 e. The molecule has 0 spiro atoms. The average molecular weight is 216 g/mol. The molecule has 16 heavy (non-hydrogen) atoms. The molecule has 0 aliphatic carbocycles. The van der Waals surface area contributed by atoms with E-state index in [1.54, 1.807) is 7.11 Å². The highest BCUT2D eigenvalue weighted by Gasteiger charge is 1.91. The van der Waals surface area contributed by atoms with Crippen LogP contribution < -0.4 is 4.74 Å². The van der Waals surface area contributed by atoms with E-state index in [0.717, 1.165) is 18.6 Å². The normalized spacial score (nSPS) is 12.1. The molecule has 0 aliphatic heterocycles. The highest BCUT2D eigenvalue weighted by molar-refractivity contribution is 5.53. The monoisotopic (exact) mass is 216 g/mol. The number of ether oxygens (including phenoxy) is 1. The highest BCUT2D eigenvalue weighted by atomic mass is 16.5. The average Bonchev–Trinajstić information content (AvgIpc) is 2.35. The van der Waals surface area contributed by atoms with Gasteiger partial charge in [-0.25, -0.2) is 0 Å². The first kappa shape index (κ1) is 12.6. The quantitative estimate of drug-likeness (QED) is 0.660. The van der Waals surface area contributed by atoms with Crippen molar-refractivity contribution in [1.82, 2.24) is 0 Å². The maximum absolute atomic E-state index is 5.12. The van der Waals surface area contributed by atoms with Gasteiger partial charge in [0.2, 0.25) is 0 Å². The van der Waals surface area contributed by atoms with Gasteiger partial charge in [0.15, 0.2) is 0 Å². The lowest BCUT2D eigenvalue weighted by Gasteiger charge is -2.00. The van der Waals surface area contributed by atoms with Gasteiger partial charge in [-0.1, -0.05) is 49.8 Å². The third-order valence-corrected chi connectivity index (χ3v) is 2.48. The first-order valence-corrected chi connectivity index (χ1v) is 5.81. The molecular weight excluding hydrogens is 196 g/mol. The second-order valence-electron chi connectivity index (χ2n) is 3.65. The first-order chi connectivity index (χ1) is 7.80. The molecule has 0 radical (unpaired) electrons. The Hall–Kier alpha value is -1.50. The zero-order valence-corrected chi connectivity index (χ0v) is 10.4. The summed E-state index contributed by atoms with van der Waals surface area (Å²) in [4.78, 5) is 0. The fourth-order valence-electron chi connectivity index (χ4n) is 1.51. The van der Waals surface area contributed by atoms with Crippen LogP contribution in [-0.2, 0) is 0 Å². The number of rotatable bonds is 5. The van der Waals surface area contributed by atoms with Crippen molar-refractivity contribution in [3.05, 3.63) is 47.6 Å². The molecule has 0 amide bonds. The van der Waals surface area contributed by atoms with Crippen molar-refractivity contribution in [1.29, 1.82) is 0 Å². The molecule has 0 unspecified atom stereocenters. The Morgan fingerprint density at radius 1 is 1.19 bits per heavy atom. The summed E-state index contributed by atoms with van der Waals surface area (Å²) in [6, 6.07) is 8.09. The van der Waals surface area contributed by atoms with Crippen LogP contribution in [-0.4, -0.2) is 7.11 Å². The Labute approximate surface area is 98.5 Å². The van der Waals surface area contributed by atoms with Crippen LogP contribution in [0.25, 0.3) is 6.08 Å². The van der Waals surface area contributed by atoms with Gasteiger partial charge < -0.3 is 4.74 Å². The molecule has 86 valence electrons. The van der Waals surface area contributed by atoms with Crippen molar-refractivity contribution in [2.75, 3.05) is 7.11 Å². The summed E-state index contributed by atoms with van der Waals surface area (Å²) in [5.41, 5.74) is 2.59. The Kier molecular flexibility index (Phi) is 5.41. The van der Waals surface area contributed by atoms with E-state index in [4.69, 9.17) is 4.74 Å². The first-order valence-electron chi connectivity index (χ1n) is 5.81. The molecule has 0 bridgehead atoms. The number of benzene rings is 1. The number of hydrogen-bond acceptors (Lipinski definition) is 1. The van der Waals surface area contributed by atoms with Crippen molar-refractivity contribution >= 4 is 6.08 Å². The zero-order valence-electron chi connectivity index (χ0n) is 10.4. The number of methoxy groups -OCH3 is 1. The van der Waals surface area contributed by atoms with Gasteiger partial charge in [-0.05, 0) is 30.5 Å². The molecule has 1 aromatic carbocycles. The molecular formula is C15H20O. The summed E-state index contributed by atoms with van der Waals surface area (Å²) in [5, 5.41) is 0. The minimum atomic E-state index is 0.900. The molecule has 0 atom stereocenters. The Morgan fingerprint density at radius 2 is 1.88 bits per heavy atom. The van der Waals surface area contributed by atoms with Gasteiger partial charge in [0.05, 0.1) is 7.11 Å². The van der Waals surface area contributed by atoms with Crippen LogP contribution in [0.5, 0.6) is 5.75 Å². The minimum absolute atomic E-state index is 0.900. The largest absolute Gasteiger partial charge is 0.497 e. The van der Waals surface area contributed by atoms with Gasteiger partial charge in [0.25, 0.3) is 0 Å². The van der Waals surface area contributed by atoms with Crippen LogP contribution in [0.1, 0.15) is 32.3 Å². The van der Waals surface area contributed by atoms with Gasteiger partial charge in [-0.2, -0.15) is 0 Å². The lowest BCUT2D eigenvalue weighted by molar-refractivity contribution is 0.415. The van der Waals surface area contributed by atoms with E-state index in [9.17, 15) is 0 Å². The van der Waals surface area contributed by atoms with Crippen LogP contribution in [0.3, 0.4) is 0 Å². The lowest BCUT2D eigenvalue weighted by Crippen LogP contribution is -1.81. The van der Waals surface area contributed by atoms with E-state index in [1.807, 2.05) is 12.1 Å². The Morgan fingerprint density at radius 3 is 2.38 bits per heavy atom. The molecule has 0 N–H and O–H groups in total. The van der Waals surface area contributed by atoms with E-state index in [1.165, 1.54) is 11.1 Å². The molecule has 1 rings (SSSR count). The molecule has 0 aromatic heterocycles. The summed E-state index contributed by atoms with van der Waals surface area (Å²) >= 11 is 0. The summed E-state index contributed by atoms with van der Waals surface area (Å²) in [5.74, 6) is 0.900. The van der Waals surface area contributed by atoms with E-state index < -0.39 is 0 Å². The number of allylic oxidation sites excluding steroid dienone is 3. The zero-order chi connectivity index (χ0) is 11.8. The summed E-state index contributed by atoms with van der Waals surface area (Å²) < 4.78 is 5.12. The van der Waals surface area contributed by atoms with Crippen molar-refractivity contribution in [2.24, 2.45) is 0 Å². The topological polar surface area (TPSA) is 9.23 Å². The SMILES string of the molecule is CCC=C(C=Cc1ccc(OC)cc1)CC. The van der Waals surface area contributed by atoms with Crippen molar-refractivity contribution in [3.8, 4) is 5.75 Å². The van der Waals surface area contributed by atoms with Crippen LogP contribution in [0.15, 0.2) is 42.0 Å². The molecule has 1 nitrogen and oxygen atoms in total. The molecule has 0 heterocycles. The highest BCUT2D eigenvalue weighted by Crippen LogP contribution is 2.14. The fourth-order valence-corrected chi connectivity index (χ4v) is 1.51. The molecule has 0 aliphatic rings. The standard InChI is InChI=1S/C15H20O/c1-4-6-13(5-2)7-8-14-9-11-15(16-3)12-10-14/h6-12H,4-5H2,1-3H3. The van der Waals surface area contributed by atoms with Crippen LogP contribution >= 0.6 is 0 Å². The van der Waals surface area contributed by atoms with Gasteiger partial charge in [-0.15, -0.1) is 0 Å². The third kappa shape index (κ3) is 3.93. The van der Waals surface area contributed by atoms with E-state index >= 15 is 0 Å². The summed E-state index contributed by atoms with van der Waals surface area (Å²) in [6.45, 7) is 4.34. The second-order valence-corrected chi connectivity index (χ2v) is 3.65. The van der Waals surface area contributed by atoms with E-state index in [0.29, 0.717) is 0 Å². The van der Waals surface area contributed by atoms with Crippen LogP contribution in [0.2, 0.25) is 0 Å². The Bertz CT molecular complexity index is 358. The Balaban J connectivity index is 2.71. The van der Waals surface area contributed by atoms with Gasteiger partial charge in [-0.3, -0.25) is 0 Å². The predicted octanol–water partition coefficient (Wildman–Crippen LogP) is 4.45. The lowest BCUT2D eigenvalue weighted by atomic mass is 10.1. The predicted molar refractivity (Wildman–Crippen MR) is 70.7 cm³/mol. The fraction of sp³-hybridized carbons (Fsp3) is 0.333. The molecule has 0 saturated heterocycles. The van der Waals surface area contributed by atoms with Crippen molar-refractivity contribution in [3.63, 3.8) is 0 Å². The number of hydrogen-bond donors (Lipinski definition) is 0. The van der Waals surface area contributed by atoms with Crippen molar-refractivity contribution < 1.29 is 4.74 Å². The maximum atomic E-state index is 5.12. The summed E-state index contributed by atoms with van der Waals surface area (Å²) in [7, 11) is 1.68. The van der Waals surface area contributed by atoms with Gasteiger partial charge in [0.1, 0.15) is 5.75 Å². The maximum Gasteiger partial charge on any atom is 0.118 e. The second kappa shape index (κ2) is 6.89. The van der Waals surface area contributed by atoms with Crippen LogP contribution in [0, 0.1) is 0 Å².